The minimum Gasteiger partial charge on any atom is -0.311 e. The lowest BCUT2D eigenvalue weighted by atomic mass is 9.98. The van der Waals surface area contributed by atoms with Gasteiger partial charge in [0.1, 0.15) is 0 Å². The number of likely N-dealkylation sites (tertiary alicyclic amines) is 1. The van der Waals surface area contributed by atoms with Crippen molar-refractivity contribution in [1.82, 2.24) is 10.2 Å². The molecule has 15 heavy (non-hydrogen) atoms. The Hall–Kier alpha value is -0.0800. The van der Waals surface area contributed by atoms with Crippen LogP contribution in [0, 0.1) is 5.92 Å². The van der Waals surface area contributed by atoms with Gasteiger partial charge in [0, 0.05) is 18.1 Å². The number of hydrogen-bond acceptors (Lipinski definition) is 2. The Morgan fingerprint density at radius 2 is 1.80 bits per heavy atom. The largest absolute Gasteiger partial charge is 0.311 e. The maximum Gasteiger partial charge on any atom is 0.0192 e. The van der Waals surface area contributed by atoms with Gasteiger partial charge in [0.05, 0.1) is 0 Å². The molecule has 0 aromatic heterocycles. The van der Waals surface area contributed by atoms with Gasteiger partial charge in [0.15, 0.2) is 0 Å². The maximum atomic E-state index is 3.59. The molecule has 0 bridgehead atoms. The van der Waals surface area contributed by atoms with Crippen LogP contribution in [0.5, 0.6) is 0 Å². The van der Waals surface area contributed by atoms with Crippen molar-refractivity contribution in [2.75, 3.05) is 19.6 Å². The van der Waals surface area contributed by atoms with E-state index in [4.69, 9.17) is 0 Å². The molecular weight excluding hydrogens is 184 g/mol. The van der Waals surface area contributed by atoms with Crippen LogP contribution in [0.3, 0.4) is 0 Å². The van der Waals surface area contributed by atoms with E-state index in [-0.39, 0.29) is 5.54 Å². The summed E-state index contributed by atoms with van der Waals surface area (Å²) in [5.41, 5.74) is 0.247. The molecule has 1 N–H and O–H groups in total. The summed E-state index contributed by atoms with van der Waals surface area (Å²) in [6.07, 6.45) is 2.75. The van der Waals surface area contributed by atoms with Gasteiger partial charge in [-0.05, 0) is 59.5 Å². The molecule has 1 atom stereocenters. The minimum absolute atomic E-state index is 0.247. The van der Waals surface area contributed by atoms with Gasteiger partial charge in [0.2, 0.25) is 0 Å². The maximum absolute atomic E-state index is 3.59. The standard InChI is InChI=1S/C13H28N2/c1-11-6-8-15(9-7-11)12(2)10-14-13(3,4)5/h11-12,14H,6-10H2,1-5H3. The summed E-state index contributed by atoms with van der Waals surface area (Å²) in [7, 11) is 0. The molecular formula is C13H28N2. The molecule has 1 unspecified atom stereocenters. The van der Waals surface area contributed by atoms with Crippen molar-refractivity contribution < 1.29 is 0 Å². The molecule has 1 fully saturated rings. The third-order valence-electron chi connectivity index (χ3n) is 3.37. The highest BCUT2D eigenvalue weighted by Gasteiger charge is 2.21. The minimum atomic E-state index is 0.247. The number of rotatable bonds is 3. The van der Waals surface area contributed by atoms with Crippen molar-refractivity contribution in [3.8, 4) is 0 Å². The normalized spacial score (nSPS) is 23.0. The molecule has 0 aromatic rings. The Balaban J connectivity index is 2.25. The predicted molar refractivity (Wildman–Crippen MR) is 67.2 cm³/mol. The van der Waals surface area contributed by atoms with Crippen molar-refractivity contribution in [3.63, 3.8) is 0 Å². The first-order valence-corrected chi connectivity index (χ1v) is 6.37. The van der Waals surface area contributed by atoms with Crippen molar-refractivity contribution in [2.45, 2.75) is 59.0 Å². The van der Waals surface area contributed by atoms with Crippen molar-refractivity contribution in [3.05, 3.63) is 0 Å². The highest BCUT2D eigenvalue weighted by Crippen LogP contribution is 2.17. The predicted octanol–water partition coefficient (Wildman–Crippen LogP) is 2.49. The molecule has 90 valence electrons. The van der Waals surface area contributed by atoms with Gasteiger partial charge in [-0.15, -0.1) is 0 Å². The third-order valence-corrected chi connectivity index (χ3v) is 3.37. The van der Waals surface area contributed by atoms with Crippen LogP contribution in [0.4, 0.5) is 0 Å². The Bertz CT molecular complexity index is 175. The zero-order valence-corrected chi connectivity index (χ0v) is 11.1. The van der Waals surface area contributed by atoms with Crippen LogP contribution in [-0.4, -0.2) is 36.1 Å². The van der Waals surface area contributed by atoms with Gasteiger partial charge in [0.25, 0.3) is 0 Å². The molecule has 1 aliphatic heterocycles. The second kappa shape index (κ2) is 5.31. The Kier molecular flexibility index (Phi) is 4.60. The Labute approximate surface area is 95.4 Å². The van der Waals surface area contributed by atoms with Crippen molar-refractivity contribution in [1.29, 1.82) is 0 Å². The first-order chi connectivity index (χ1) is 6.88. The molecule has 0 amide bonds. The molecule has 0 radical (unpaired) electrons. The molecule has 2 heteroatoms. The summed E-state index contributed by atoms with van der Waals surface area (Å²) in [4.78, 5) is 2.62. The van der Waals surface area contributed by atoms with E-state index in [0.29, 0.717) is 6.04 Å². The lowest BCUT2D eigenvalue weighted by molar-refractivity contribution is 0.140. The second-order valence-electron chi connectivity index (χ2n) is 6.20. The summed E-state index contributed by atoms with van der Waals surface area (Å²) < 4.78 is 0. The molecule has 2 nitrogen and oxygen atoms in total. The summed E-state index contributed by atoms with van der Waals surface area (Å²) in [5.74, 6) is 0.934. The van der Waals surface area contributed by atoms with E-state index in [1.54, 1.807) is 0 Å². The van der Waals surface area contributed by atoms with Crippen LogP contribution in [0.25, 0.3) is 0 Å². The van der Waals surface area contributed by atoms with Gasteiger partial charge in [-0.1, -0.05) is 6.92 Å². The average Bonchev–Trinajstić information content (AvgIpc) is 2.14. The Morgan fingerprint density at radius 1 is 1.27 bits per heavy atom. The zero-order valence-electron chi connectivity index (χ0n) is 11.1. The van der Waals surface area contributed by atoms with Crippen molar-refractivity contribution >= 4 is 0 Å². The van der Waals surface area contributed by atoms with Crippen LogP contribution in [0.15, 0.2) is 0 Å². The van der Waals surface area contributed by atoms with E-state index < -0.39 is 0 Å². The highest BCUT2D eigenvalue weighted by atomic mass is 15.2. The molecule has 0 aliphatic carbocycles. The van der Waals surface area contributed by atoms with Crippen molar-refractivity contribution in [2.24, 2.45) is 5.92 Å². The zero-order chi connectivity index (χ0) is 11.5. The van der Waals surface area contributed by atoms with E-state index in [2.05, 4.69) is 44.8 Å². The monoisotopic (exact) mass is 212 g/mol. The highest BCUT2D eigenvalue weighted by molar-refractivity contribution is 4.79. The smallest absolute Gasteiger partial charge is 0.0192 e. The first-order valence-electron chi connectivity index (χ1n) is 6.37. The van der Waals surface area contributed by atoms with Gasteiger partial charge in [-0.25, -0.2) is 0 Å². The van der Waals surface area contributed by atoms with Crippen LogP contribution in [0.2, 0.25) is 0 Å². The van der Waals surface area contributed by atoms with Crippen LogP contribution >= 0.6 is 0 Å². The second-order valence-corrected chi connectivity index (χ2v) is 6.20. The lowest BCUT2D eigenvalue weighted by Gasteiger charge is -2.36. The number of nitrogens with zero attached hydrogens (tertiary/aromatic N) is 1. The molecule has 1 heterocycles. The van der Waals surface area contributed by atoms with E-state index in [1.165, 1.54) is 25.9 Å². The Morgan fingerprint density at radius 3 is 2.27 bits per heavy atom. The van der Waals surface area contributed by atoms with Gasteiger partial charge in [-0.2, -0.15) is 0 Å². The SMILES string of the molecule is CC1CCN(C(C)CNC(C)(C)C)CC1. The summed E-state index contributed by atoms with van der Waals surface area (Å²) in [6.45, 7) is 15.1. The number of hydrogen-bond donors (Lipinski definition) is 1. The van der Waals surface area contributed by atoms with Crippen LogP contribution in [-0.2, 0) is 0 Å². The fraction of sp³-hybridized carbons (Fsp3) is 1.00. The summed E-state index contributed by atoms with van der Waals surface area (Å²) in [6, 6.07) is 0.678. The number of nitrogens with one attached hydrogen (secondary N) is 1. The van der Waals surface area contributed by atoms with E-state index >= 15 is 0 Å². The van der Waals surface area contributed by atoms with E-state index in [1.807, 2.05) is 0 Å². The van der Waals surface area contributed by atoms with Crippen LogP contribution in [0.1, 0.15) is 47.5 Å². The molecule has 1 rings (SSSR count). The van der Waals surface area contributed by atoms with Gasteiger partial charge in [-0.3, -0.25) is 4.90 Å². The molecule has 0 saturated carbocycles. The number of piperidine rings is 1. The molecule has 0 spiro atoms. The summed E-state index contributed by atoms with van der Waals surface area (Å²) in [5, 5.41) is 3.59. The molecule has 1 saturated heterocycles. The van der Waals surface area contributed by atoms with Gasteiger partial charge < -0.3 is 5.32 Å². The quantitative estimate of drug-likeness (QED) is 0.773. The fourth-order valence-electron chi connectivity index (χ4n) is 2.05. The topological polar surface area (TPSA) is 15.3 Å². The average molecular weight is 212 g/mol. The lowest BCUT2D eigenvalue weighted by Crippen LogP contribution is -2.48. The third kappa shape index (κ3) is 4.98. The first kappa shape index (κ1) is 13.0. The van der Waals surface area contributed by atoms with E-state index in [9.17, 15) is 0 Å². The summed E-state index contributed by atoms with van der Waals surface area (Å²) >= 11 is 0. The molecule has 1 aliphatic rings. The van der Waals surface area contributed by atoms with Gasteiger partial charge >= 0.3 is 0 Å². The van der Waals surface area contributed by atoms with Crippen LogP contribution < -0.4 is 5.32 Å². The molecule has 0 aromatic carbocycles. The van der Waals surface area contributed by atoms with E-state index in [0.717, 1.165) is 12.5 Å². The fourth-order valence-corrected chi connectivity index (χ4v) is 2.05.